The fraction of sp³-hybridized carbons (Fsp3) is 0.158. The molecule has 194 valence electrons. The molecule has 0 saturated carbocycles. The molecule has 0 unspecified atom stereocenters. The van der Waals surface area contributed by atoms with E-state index in [1.165, 1.54) is 77.2 Å². The van der Waals surface area contributed by atoms with Gasteiger partial charge < -0.3 is 9.47 Å². The van der Waals surface area contributed by atoms with Crippen molar-refractivity contribution < 1.29 is 9.47 Å². The predicted octanol–water partition coefficient (Wildman–Crippen LogP) is 8.66. The van der Waals surface area contributed by atoms with E-state index in [1.807, 2.05) is 0 Å². The standard InChI is InChI=1S/C38H30O2/c1-21-13-22(2)16-27(15-21)25-5-7-29-31-9-10-32-30-8-6-26(28-17-23(3)14-24(4)18-28)20-36(30)40-34-12-11-33(37(31)38(32)34)39-35(29)19-25/h5-8,11-20H,9-10H2,1-4H3. The Morgan fingerprint density at radius 1 is 0.400 bits per heavy atom. The third-order valence-corrected chi connectivity index (χ3v) is 8.52. The van der Waals surface area contributed by atoms with Crippen molar-refractivity contribution in [1.82, 2.24) is 0 Å². The SMILES string of the molecule is Cc1cc(C)cc(-c2ccc3c(c2)Oc2ccc4c5c2=C3CCC=5c2ccc(-c3cc(C)cc(C)c3)cc2O4)c1. The molecule has 0 N–H and O–H groups in total. The Morgan fingerprint density at radius 2 is 0.800 bits per heavy atom. The summed E-state index contributed by atoms with van der Waals surface area (Å²) in [6.45, 7) is 8.62. The van der Waals surface area contributed by atoms with Crippen LogP contribution in [0.5, 0.6) is 23.0 Å². The average Bonchev–Trinajstić information content (AvgIpc) is 2.93. The highest BCUT2D eigenvalue weighted by Gasteiger charge is 2.29. The van der Waals surface area contributed by atoms with Crippen molar-refractivity contribution in [2.45, 2.75) is 40.5 Å². The van der Waals surface area contributed by atoms with E-state index in [2.05, 4.69) is 113 Å². The van der Waals surface area contributed by atoms with Gasteiger partial charge >= 0.3 is 0 Å². The first kappa shape index (κ1) is 23.3. The summed E-state index contributed by atoms with van der Waals surface area (Å²) < 4.78 is 13.2. The highest BCUT2D eigenvalue weighted by Crippen LogP contribution is 2.44. The van der Waals surface area contributed by atoms with Crippen LogP contribution in [-0.4, -0.2) is 0 Å². The summed E-state index contributed by atoms with van der Waals surface area (Å²) in [6.07, 6.45) is 1.96. The fourth-order valence-electron chi connectivity index (χ4n) is 6.96. The number of rotatable bonds is 2. The Morgan fingerprint density at radius 3 is 1.20 bits per heavy atom. The van der Waals surface area contributed by atoms with Crippen molar-refractivity contribution in [3.8, 4) is 45.3 Å². The third-order valence-electron chi connectivity index (χ3n) is 8.52. The molecule has 2 heterocycles. The number of fused-ring (bicyclic) bond motifs is 4. The minimum atomic E-state index is 0.926. The molecular formula is C38H30O2. The minimum Gasteiger partial charge on any atom is -0.456 e. The molecule has 0 bridgehead atoms. The number of hydrogen-bond acceptors (Lipinski definition) is 2. The van der Waals surface area contributed by atoms with Crippen LogP contribution >= 0.6 is 0 Å². The van der Waals surface area contributed by atoms with Crippen LogP contribution in [0, 0.1) is 27.7 Å². The van der Waals surface area contributed by atoms with Crippen LogP contribution in [0.25, 0.3) is 33.4 Å². The van der Waals surface area contributed by atoms with Gasteiger partial charge in [-0.3, -0.25) is 0 Å². The lowest BCUT2D eigenvalue weighted by Crippen LogP contribution is -2.38. The van der Waals surface area contributed by atoms with Crippen molar-refractivity contribution in [2.24, 2.45) is 0 Å². The van der Waals surface area contributed by atoms with Crippen molar-refractivity contribution in [3.05, 3.63) is 129 Å². The molecular weight excluding hydrogens is 488 g/mol. The van der Waals surface area contributed by atoms with Gasteiger partial charge in [-0.15, -0.1) is 0 Å². The Labute approximate surface area is 234 Å². The summed E-state index contributed by atoms with van der Waals surface area (Å²) in [6, 6.07) is 31.0. The summed E-state index contributed by atoms with van der Waals surface area (Å²) in [7, 11) is 0. The maximum Gasteiger partial charge on any atom is 0.135 e. The largest absolute Gasteiger partial charge is 0.456 e. The molecule has 0 amide bonds. The molecule has 0 radical (unpaired) electrons. The lowest BCUT2D eigenvalue weighted by molar-refractivity contribution is 0.451. The van der Waals surface area contributed by atoms with E-state index in [1.54, 1.807) is 0 Å². The molecule has 5 aromatic rings. The Hall–Kier alpha value is -4.56. The van der Waals surface area contributed by atoms with E-state index in [-0.39, 0.29) is 0 Å². The van der Waals surface area contributed by atoms with Crippen LogP contribution in [-0.2, 0) is 0 Å². The molecule has 8 rings (SSSR count). The Balaban J connectivity index is 1.28. The van der Waals surface area contributed by atoms with Crippen LogP contribution in [0.2, 0.25) is 0 Å². The maximum atomic E-state index is 6.62. The summed E-state index contributed by atoms with van der Waals surface area (Å²) in [4.78, 5) is 0. The molecule has 1 aliphatic carbocycles. The monoisotopic (exact) mass is 518 g/mol. The highest BCUT2D eigenvalue weighted by molar-refractivity contribution is 5.86. The summed E-state index contributed by atoms with van der Waals surface area (Å²) in [5, 5.41) is 2.41. The van der Waals surface area contributed by atoms with Crippen LogP contribution in [0.3, 0.4) is 0 Å². The zero-order chi connectivity index (χ0) is 27.1. The Bertz CT molecular complexity index is 1860. The first-order valence-electron chi connectivity index (χ1n) is 14.1. The zero-order valence-electron chi connectivity index (χ0n) is 23.3. The Kier molecular flexibility index (Phi) is 4.94. The second kappa shape index (κ2) is 8.47. The van der Waals surface area contributed by atoms with Crippen LogP contribution in [0.4, 0.5) is 0 Å². The van der Waals surface area contributed by atoms with Gasteiger partial charge in [0.15, 0.2) is 0 Å². The highest BCUT2D eigenvalue weighted by atomic mass is 16.5. The molecule has 40 heavy (non-hydrogen) atoms. The van der Waals surface area contributed by atoms with Gasteiger partial charge in [0.05, 0.1) is 0 Å². The minimum absolute atomic E-state index is 0.926. The van der Waals surface area contributed by atoms with Crippen LogP contribution in [0.1, 0.15) is 46.2 Å². The quantitative estimate of drug-likeness (QED) is 0.233. The first-order valence-corrected chi connectivity index (χ1v) is 14.1. The average molecular weight is 519 g/mol. The summed E-state index contributed by atoms with van der Waals surface area (Å²) >= 11 is 0. The van der Waals surface area contributed by atoms with Gasteiger partial charge in [0.1, 0.15) is 23.0 Å². The second-order valence-corrected chi connectivity index (χ2v) is 11.6. The van der Waals surface area contributed by atoms with E-state index in [4.69, 9.17) is 9.47 Å². The van der Waals surface area contributed by atoms with Crippen molar-refractivity contribution in [2.75, 3.05) is 0 Å². The van der Waals surface area contributed by atoms with E-state index in [0.717, 1.165) is 35.8 Å². The molecule has 0 atom stereocenters. The van der Waals surface area contributed by atoms with Gasteiger partial charge in [0, 0.05) is 21.6 Å². The molecule has 2 heteroatoms. The summed E-state index contributed by atoms with van der Waals surface area (Å²) in [5.74, 6) is 3.74. The van der Waals surface area contributed by atoms with Crippen LogP contribution in [0.15, 0.2) is 84.9 Å². The maximum absolute atomic E-state index is 6.62. The normalized spacial score (nSPS) is 14.1. The number of benzene rings is 5. The van der Waals surface area contributed by atoms with Crippen LogP contribution < -0.4 is 19.9 Å². The zero-order valence-corrected chi connectivity index (χ0v) is 23.3. The van der Waals surface area contributed by atoms with Crippen molar-refractivity contribution in [3.63, 3.8) is 0 Å². The van der Waals surface area contributed by atoms with Crippen molar-refractivity contribution >= 4 is 11.1 Å². The third kappa shape index (κ3) is 3.56. The fourth-order valence-corrected chi connectivity index (χ4v) is 6.96. The second-order valence-electron chi connectivity index (χ2n) is 11.6. The van der Waals surface area contributed by atoms with Gasteiger partial charge in [-0.25, -0.2) is 0 Å². The van der Waals surface area contributed by atoms with Crippen molar-refractivity contribution in [1.29, 1.82) is 0 Å². The van der Waals surface area contributed by atoms with Gasteiger partial charge in [0.25, 0.3) is 0 Å². The number of ether oxygens (including phenoxy) is 2. The smallest absolute Gasteiger partial charge is 0.135 e. The molecule has 0 saturated heterocycles. The molecule has 5 aromatic carbocycles. The molecule has 2 aliphatic heterocycles. The number of hydrogen-bond donors (Lipinski definition) is 0. The topological polar surface area (TPSA) is 18.5 Å². The molecule has 3 aliphatic rings. The van der Waals surface area contributed by atoms with E-state index >= 15 is 0 Å². The summed E-state index contributed by atoms with van der Waals surface area (Å²) in [5.41, 5.74) is 15.1. The van der Waals surface area contributed by atoms with E-state index < -0.39 is 0 Å². The number of aryl methyl sites for hydroxylation is 4. The van der Waals surface area contributed by atoms with Gasteiger partial charge in [0.2, 0.25) is 0 Å². The van der Waals surface area contributed by atoms with Gasteiger partial charge in [-0.05, 0) is 98.2 Å². The molecule has 0 spiro atoms. The lowest BCUT2D eigenvalue weighted by Gasteiger charge is -2.29. The van der Waals surface area contributed by atoms with Gasteiger partial charge in [-0.1, -0.05) is 82.9 Å². The van der Waals surface area contributed by atoms with E-state index in [0.29, 0.717) is 0 Å². The molecule has 0 fully saturated rings. The lowest BCUT2D eigenvalue weighted by atomic mass is 9.83. The molecule has 2 nitrogen and oxygen atoms in total. The molecule has 0 aromatic heterocycles. The van der Waals surface area contributed by atoms with E-state index in [9.17, 15) is 0 Å². The predicted molar refractivity (Wildman–Crippen MR) is 163 cm³/mol. The van der Waals surface area contributed by atoms with Gasteiger partial charge in [-0.2, -0.15) is 0 Å². The first-order chi connectivity index (χ1) is 19.4.